The fraction of sp³-hybridized carbons (Fsp3) is 0.462. The summed E-state index contributed by atoms with van der Waals surface area (Å²) in [7, 11) is 0. The van der Waals surface area contributed by atoms with Crippen molar-refractivity contribution in [1.82, 2.24) is 5.32 Å². The molecule has 0 spiro atoms. The van der Waals surface area contributed by atoms with Gasteiger partial charge in [0.15, 0.2) is 0 Å². The van der Waals surface area contributed by atoms with E-state index < -0.39 is 0 Å². The zero-order valence-corrected chi connectivity index (χ0v) is 11.5. The van der Waals surface area contributed by atoms with Gasteiger partial charge in [0.2, 0.25) is 5.91 Å². The summed E-state index contributed by atoms with van der Waals surface area (Å²) < 4.78 is 0. The van der Waals surface area contributed by atoms with E-state index in [0.717, 1.165) is 9.92 Å². The number of amides is 1. The van der Waals surface area contributed by atoms with E-state index in [1.165, 1.54) is 0 Å². The van der Waals surface area contributed by atoms with E-state index >= 15 is 0 Å². The molecule has 0 atom stereocenters. The highest BCUT2D eigenvalue weighted by molar-refractivity contribution is 7.99. The number of hydrogen-bond acceptors (Lipinski definition) is 3. The Balaban J connectivity index is 1.66. The first kappa shape index (κ1) is 13.7. The SMILES string of the molecule is O=C(CCSc1ccccc1Cl)NC1CC(O)C1. The first-order chi connectivity index (χ1) is 8.65. The molecule has 1 aliphatic carbocycles. The lowest BCUT2D eigenvalue weighted by Gasteiger charge is -2.31. The van der Waals surface area contributed by atoms with Crippen LogP contribution < -0.4 is 5.32 Å². The highest BCUT2D eigenvalue weighted by atomic mass is 35.5. The van der Waals surface area contributed by atoms with Crippen molar-refractivity contribution in [1.29, 1.82) is 0 Å². The van der Waals surface area contributed by atoms with Crippen molar-refractivity contribution in [3.05, 3.63) is 29.3 Å². The third kappa shape index (κ3) is 3.90. The van der Waals surface area contributed by atoms with E-state index in [9.17, 15) is 4.79 Å². The lowest BCUT2D eigenvalue weighted by Crippen LogP contribution is -2.46. The molecule has 0 saturated heterocycles. The molecule has 0 aromatic heterocycles. The summed E-state index contributed by atoms with van der Waals surface area (Å²) in [6.07, 6.45) is 1.61. The van der Waals surface area contributed by atoms with Crippen LogP contribution >= 0.6 is 23.4 Å². The van der Waals surface area contributed by atoms with Gasteiger partial charge < -0.3 is 10.4 Å². The highest BCUT2D eigenvalue weighted by Gasteiger charge is 2.27. The molecule has 1 aliphatic rings. The number of aliphatic hydroxyl groups excluding tert-OH is 1. The fourth-order valence-electron chi connectivity index (χ4n) is 1.82. The molecule has 0 radical (unpaired) electrons. The Labute approximate surface area is 116 Å². The first-order valence-electron chi connectivity index (χ1n) is 6.00. The smallest absolute Gasteiger partial charge is 0.221 e. The Morgan fingerprint density at radius 1 is 1.44 bits per heavy atom. The van der Waals surface area contributed by atoms with Gasteiger partial charge in [0.1, 0.15) is 0 Å². The lowest BCUT2D eigenvalue weighted by molar-refractivity contribution is -0.122. The standard InChI is InChI=1S/C13H16ClNO2S/c14-11-3-1-2-4-12(11)18-6-5-13(17)15-9-7-10(16)8-9/h1-4,9-10,16H,5-8H2,(H,15,17). The van der Waals surface area contributed by atoms with Crippen molar-refractivity contribution in [2.24, 2.45) is 0 Å². The fourth-order valence-corrected chi connectivity index (χ4v) is 3.01. The number of thioether (sulfide) groups is 1. The molecule has 1 fully saturated rings. The van der Waals surface area contributed by atoms with E-state index in [-0.39, 0.29) is 18.1 Å². The molecule has 1 aromatic carbocycles. The number of carbonyl (C=O) groups is 1. The maximum atomic E-state index is 11.6. The maximum Gasteiger partial charge on any atom is 0.221 e. The predicted molar refractivity (Wildman–Crippen MR) is 74.0 cm³/mol. The minimum atomic E-state index is -0.229. The molecule has 0 unspecified atom stereocenters. The quantitative estimate of drug-likeness (QED) is 0.817. The Bertz CT molecular complexity index is 421. The number of hydrogen-bond donors (Lipinski definition) is 2. The number of halogens is 1. The monoisotopic (exact) mass is 285 g/mol. The summed E-state index contributed by atoms with van der Waals surface area (Å²) in [5.74, 6) is 0.761. The van der Waals surface area contributed by atoms with Crippen molar-refractivity contribution in [3.63, 3.8) is 0 Å². The second-order valence-electron chi connectivity index (χ2n) is 4.42. The Morgan fingerprint density at radius 2 is 2.17 bits per heavy atom. The zero-order valence-electron chi connectivity index (χ0n) is 9.93. The largest absolute Gasteiger partial charge is 0.393 e. The summed E-state index contributed by atoms with van der Waals surface area (Å²) >= 11 is 7.61. The number of aliphatic hydroxyl groups is 1. The molecular formula is C13H16ClNO2S. The van der Waals surface area contributed by atoms with Gasteiger partial charge >= 0.3 is 0 Å². The Kier molecular flexibility index (Phi) is 4.92. The van der Waals surface area contributed by atoms with E-state index in [1.54, 1.807) is 11.8 Å². The van der Waals surface area contributed by atoms with Crippen LogP contribution in [0, 0.1) is 0 Å². The summed E-state index contributed by atoms with van der Waals surface area (Å²) in [4.78, 5) is 12.6. The van der Waals surface area contributed by atoms with Gasteiger partial charge in [-0.3, -0.25) is 4.79 Å². The van der Waals surface area contributed by atoms with Crippen LogP contribution in [0.25, 0.3) is 0 Å². The van der Waals surface area contributed by atoms with Crippen molar-refractivity contribution in [2.45, 2.75) is 36.3 Å². The van der Waals surface area contributed by atoms with Gasteiger partial charge in [-0.25, -0.2) is 0 Å². The third-order valence-electron chi connectivity index (χ3n) is 2.90. The van der Waals surface area contributed by atoms with Gasteiger partial charge in [0.05, 0.1) is 11.1 Å². The van der Waals surface area contributed by atoms with Gasteiger partial charge in [-0.05, 0) is 25.0 Å². The molecule has 5 heteroatoms. The Morgan fingerprint density at radius 3 is 2.83 bits per heavy atom. The molecule has 2 N–H and O–H groups in total. The van der Waals surface area contributed by atoms with Crippen LogP contribution in [0.15, 0.2) is 29.2 Å². The molecule has 3 nitrogen and oxygen atoms in total. The van der Waals surface area contributed by atoms with Crippen LogP contribution in [-0.4, -0.2) is 28.9 Å². The third-order valence-corrected chi connectivity index (χ3v) is 4.42. The molecule has 2 rings (SSSR count). The molecule has 0 aliphatic heterocycles. The molecule has 18 heavy (non-hydrogen) atoms. The van der Waals surface area contributed by atoms with Crippen LogP contribution in [0.5, 0.6) is 0 Å². The number of rotatable bonds is 5. The van der Waals surface area contributed by atoms with E-state index in [4.69, 9.17) is 16.7 Å². The van der Waals surface area contributed by atoms with E-state index in [0.29, 0.717) is 25.0 Å². The van der Waals surface area contributed by atoms with Crippen molar-refractivity contribution in [3.8, 4) is 0 Å². The van der Waals surface area contributed by atoms with Gasteiger partial charge in [0.25, 0.3) is 0 Å². The van der Waals surface area contributed by atoms with Crippen LogP contribution in [0.1, 0.15) is 19.3 Å². The van der Waals surface area contributed by atoms with Crippen LogP contribution in [0.4, 0.5) is 0 Å². The molecule has 1 aromatic rings. The lowest BCUT2D eigenvalue weighted by atomic mass is 9.89. The molecule has 98 valence electrons. The Hall–Kier alpha value is -0.710. The summed E-state index contributed by atoms with van der Waals surface area (Å²) in [5.41, 5.74) is 0. The van der Waals surface area contributed by atoms with Gasteiger partial charge in [-0.2, -0.15) is 0 Å². The first-order valence-corrected chi connectivity index (χ1v) is 7.36. The zero-order chi connectivity index (χ0) is 13.0. The second-order valence-corrected chi connectivity index (χ2v) is 5.96. The molecule has 0 bridgehead atoms. The van der Waals surface area contributed by atoms with E-state index in [1.807, 2.05) is 24.3 Å². The van der Waals surface area contributed by atoms with Crippen molar-refractivity contribution in [2.75, 3.05) is 5.75 Å². The highest BCUT2D eigenvalue weighted by Crippen LogP contribution is 2.27. The summed E-state index contributed by atoms with van der Waals surface area (Å²) in [5, 5.41) is 12.7. The predicted octanol–water partition coefficient (Wildman–Crippen LogP) is 2.46. The summed E-state index contributed by atoms with van der Waals surface area (Å²) in [6, 6.07) is 7.79. The van der Waals surface area contributed by atoms with Crippen molar-refractivity contribution < 1.29 is 9.90 Å². The second kappa shape index (κ2) is 6.45. The average molecular weight is 286 g/mol. The van der Waals surface area contributed by atoms with Gasteiger partial charge in [-0.1, -0.05) is 23.7 Å². The topological polar surface area (TPSA) is 49.3 Å². The average Bonchev–Trinajstić information content (AvgIpc) is 2.30. The van der Waals surface area contributed by atoms with Gasteiger partial charge in [-0.15, -0.1) is 11.8 Å². The number of carbonyl (C=O) groups excluding carboxylic acids is 1. The molecule has 1 saturated carbocycles. The van der Waals surface area contributed by atoms with Crippen LogP contribution in [0.2, 0.25) is 5.02 Å². The molecule has 1 amide bonds. The number of benzene rings is 1. The normalized spacial score (nSPS) is 22.3. The van der Waals surface area contributed by atoms with E-state index in [2.05, 4.69) is 5.32 Å². The minimum Gasteiger partial charge on any atom is -0.393 e. The molecule has 0 heterocycles. The van der Waals surface area contributed by atoms with Crippen LogP contribution in [0.3, 0.4) is 0 Å². The van der Waals surface area contributed by atoms with Crippen molar-refractivity contribution >= 4 is 29.3 Å². The summed E-state index contributed by atoms with van der Waals surface area (Å²) in [6.45, 7) is 0. The number of nitrogens with one attached hydrogen (secondary N) is 1. The minimum absolute atomic E-state index is 0.0476. The van der Waals surface area contributed by atoms with Gasteiger partial charge in [0, 0.05) is 23.1 Å². The molecular weight excluding hydrogens is 270 g/mol. The van der Waals surface area contributed by atoms with Crippen LogP contribution in [-0.2, 0) is 4.79 Å². The maximum absolute atomic E-state index is 11.6.